The van der Waals surface area contributed by atoms with E-state index in [0.29, 0.717) is 6.54 Å². The molecule has 0 radical (unpaired) electrons. The van der Waals surface area contributed by atoms with Gasteiger partial charge in [0.2, 0.25) is 5.91 Å². The molecule has 4 nitrogen and oxygen atoms in total. The Morgan fingerprint density at radius 2 is 2.19 bits per heavy atom. The maximum atomic E-state index is 10.9. The van der Waals surface area contributed by atoms with E-state index in [4.69, 9.17) is 11.5 Å². The maximum absolute atomic E-state index is 10.9. The Labute approximate surface area is 96.2 Å². The number of carbonyl (C=O) groups excluding carboxylic acids is 1. The lowest BCUT2D eigenvalue weighted by molar-refractivity contribution is -0.119. The van der Waals surface area contributed by atoms with E-state index in [1.807, 2.05) is 37.1 Å². The van der Waals surface area contributed by atoms with E-state index in [2.05, 4.69) is 6.07 Å². The van der Waals surface area contributed by atoms with E-state index < -0.39 is 0 Å². The molecule has 0 aliphatic rings. The summed E-state index contributed by atoms with van der Waals surface area (Å²) in [5.41, 5.74) is 13.2. The number of hydrogen-bond donors (Lipinski definition) is 2. The standard InChI is InChI=1S/C12H19N3O/c1-9-4-3-5-10(6-9)11(7-13)15(2)8-12(14)16/h3-6,11H,7-8,13H2,1-2H3,(H2,14,16). The molecule has 0 bridgehead atoms. The molecule has 1 atom stereocenters. The highest BCUT2D eigenvalue weighted by Gasteiger charge is 2.16. The Hall–Kier alpha value is -1.39. The highest BCUT2D eigenvalue weighted by molar-refractivity contribution is 5.75. The van der Waals surface area contributed by atoms with Crippen LogP contribution in [0.2, 0.25) is 0 Å². The third-order valence-electron chi connectivity index (χ3n) is 2.59. The second-order valence-electron chi connectivity index (χ2n) is 4.05. The quantitative estimate of drug-likeness (QED) is 0.756. The van der Waals surface area contributed by atoms with Gasteiger partial charge in [-0.25, -0.2) is 0 Å². The Bertz CT molecular complexity index is 365. The van der Waals surface area contributed by atoms with Crippen molar-refractivity contribution in [2.24, 2.45) is 11.5 Å². The SMILES string of the molecule is Cc1cccc(C(CN)N(C)CC(N)=O)c1. The van der Waals surface area contributed by atoms with Gasteiger partial charge in [0.05, 0.1) is 6.54 Å². The Morgan fingerprint density at radius 3 is 2.69 bits per heavy atom. The fourth-order valence-corrected chi connectivity index (χ4v) is 1.80. The van der Waals surface area contributed by atoms with Crippen molar-refractivity contribution in [1.29, 1.82) is 0 Å². The molecule has 0 saturated heterocycles. The van der Waals surface area contributed by atoms with Crippen LogP contribution in [0.5, 0.6) is 0 Å². The third-order valence-corrected chi connectivity index (χ3v) is 2.59. The summed E-state index contributed by atoms with van der Waals surface area (Å²) in [5, 5.41) is 0. The molecule has 88 valence electrons. The zero-order chi connectivity index (χ0) is 12.1. The normalized spacial score (nSPS) is 12.8. The fourth-order valence-electron chi connectivity index (χ4n) is 1.80. The number of benzene rings is 1. The minimum atomic E-state index is -0.339. The van der Waals surface area contributed by atoms with Crippen molar-refractivity contribution in [3.63, 3.8) is 0 Å². The molecule has 1 aromatic carbocycles. The van der Waals surface area contributed by atoms with Gasteiger partial charge < -0.3 is 11.5 Å². The number of amides is 1. The van der Waals surface area contributed by atoms with Crippen molar-refractivity contribution < 1.29 is 4.79 Å². The lowest BCUT2D eigenvalue weighted by Crippen LogP contribution is -2.37. The first-order valence-electron chi connectivity index (χ1n) is 5.29. The lowest BCUT2D eigenvalue weighted by atomic mass is 10.0. The summed E-state index contributed by atoms with van der Waals surface area (Å²) >= 11 is 0. The van der Waals surface area contributed by atoms with Crippen LogP contribution in [0.1, 0.15) is 17.2 Å². The predicted octanol–water partition coefficient (Wildman–Crippen LogP) is 0.412. The number of primary amides is 1. The van der Waals surface area contributed by atoms with E-state index in [0.717, 1.165) is 5.56 Å². The van der Waals surface area contributed by atoms with Crippen molar-refractivity contribution >= 4 is 5.91 Å². The highest BCUT2D eigenvalue weighted by atomic mass is 16.1. The molecule has 1 rings (SSSR count). The smallest absolute Gasteiger partial charge is 0.231 e. The molecule has 1 amide bonds. The fraction of sp³-hybridized carbons (Fsp3) is 0.417. The molecule has 1 unspecified atom stereocenters. The maximum Gasteiger partial charge on any atom is 0.231 e. The van der Waals surface area contributed by atoms with Gasteiger partial charge in [-0.15, -0.1) is 0 Å². The van der Waals surface area contributed by atoms with Crippen molar-refractivity contribution in [3.8, 4) is 0 Å². The number of carbonyl (C=O) groups is 1. The third kappa shape index (κ3) is 3.32. The van der Waals surface area contributed by atoms with Crippen LogP contribution in [0.4, 0.5) is 0 Å². The van der Waals surface area contributed by atoms with Gasteiger partial charge in [0.1, 0.15) is 0 Å². The topological polar surface area (TPSA) is 72.3 Å². The van der Waals surface area contributed by atoms with Gasteiger partial charge in [-0.3, -0.25) is 9.69 Å². The first-order valence-corrected chi connectivity index (χ1v) is 5.29. The van der Waals surface area contributed by atoms with Crippen LogP contribution in [-0.2, 0) is 4.79 Å². The molecular formula is C12H19N3O. The van der Waals surface area contributed by atoms with Crippen LogP contribution < -0.4 is 11.5 Å². The van der Waals surface area contributed by atoms with Gasteiger partial charge in [-0.1, -0.05) is 29.8 Å². The summed E-state index contributed by atoms with van der Waals surface area (Å²) in [7, 11) is 1.85. The minimum absolute atomic E-state index is 0.0346. The van der Waals surface area contributed by atoms with Gasteiger partial charge in [0.15, 0.2) is 0 Å². The molecule has 0 aromatic heterocycles. The van der Waals surface area contributed by atoms with Crippen LogP contribution in [0.25, 0.3) is 0 Å². The summed E-state index contributed by atoms with van der Waals surface area (Å²) in [5.74, 6) is -0.339. The summed E-state index contributed by atoms with van der Waals surface area (Å²) in [6.45, 7) is 2.72. The van der Waals surface area contributed by atoms with E-state index in [9.17, 15) is 4.79 Å². The van der Waals surface area contributed by atoms with E-state index in [1.165, 1.54) is 5.56 Å². The monoisotopic (exact) mass is 221 g/mol. The lowest BCUT2D eigenvalue weighted by Gasteiger charge is -2.26. The molecule has 0 aliphatic heterocycles. The Balaban J connectivity index is 2.85. The number of nitrogens with zero attached hydrogens (tertiary/aromatic N) is 1. The summed E-state index contributed by atoms with van der Waals surface area (Å²) in [6, 6.07) is 8.15. The first kappa shape index (κ1) is 12.7. The van der Waals surface area contributed by atoms with Crippen LogP contribution >= 0.6 is 0 Å². The second-order valence-corrected chi connectivity index (χ2v) is 4.05. The number of hydrogen-bond acceptors (Lipinski definition) is 3. The van der Waals surface area contributed by atoms with Crippen LogP contribution in [0.15, 0.2) is 24.3 Å². The van der Waals surface area contributed by atoms with Gasteiger partial charge in [0.25, 0.3) is 0 Å². The van der Waals surface area contributed by atoms with Gasteiger partial charge in [-0.05, 0) is 19.5 Å². The molecule has 0 aliphatic carbocycles. The first-order chi connectivity index (χ1) is 7.54. The van der Waals surface area contributed by atoms with Gasteiger partial charge in [0, 0.05) is 12.6 Å². The average molecular weight is 221 g/mol. The number of nitrogens with two attached hydrogens (primary N) is 2. The average Bonchev–Trinajstić information content (AvgIpc) is 2.17. The molecule has 4 N–H and O–H groups in total. The van der Waals surface area contributed by atoms with Crippen molar-refractivity contribution in [3.05, 3.63) is 35.4 Å². The predicted molar refractivity (Wildman–Crippen MR) is 64.8 cm³/mol. The van der Waals surface area contributed by atoms with Crippen LogP contribution in [0, 0.1) is 6.92 Å². The molecular weight excluding hydrogens is 202 g/mol. The largest absolute Gasteiger partial charge is 0.369 e. The molecule has 16 heavy (non-hydrogen) atoms. The Morgan fingerprint density at radius 1 is 1.50 bits per heavy atom. The summed E-state index contributed by atoms with van der Waals surface area (Å²) in [4.78, 5) is 12.7. The van der Waals surface area contributed by atoms with E-state index >= 15 is 0 Å². The molecule has 0 saturated carbocycles. The summed E-state index contributed by atoms with van der Waals surface area (Å²) < 4.78 is 0. The number of rotatable bonds is 5. The van der Waals surface area contributed by atoms with Gasteiger partial charge in [-0.2, -0.15) is 0 Å². The van der Waals surface area contributed by atoms with E-state index in [1.54, 1.807) is 0 Å². The van der Waals surface area contributed by atoms with Crippen molar-refractivity contribution in [1.82, 2.24) is 4.90 Å². The Kier molecular flexibility index (Phi) is 4.46. The summed E-state index contributed by atoms with van der Waals surface area (Å²) in [6.07, 6.45) is 0. The zero-order valence-corrected chi connectivity index (χ0v) is 9.81. The highest BCUT2D eigenvalue weighted by Crippen LogP contribution is 2.18. The van der Waals surface area contributed by atoms with Gasteiger partial charge >= 0.3 is 0 Å². The van der Waals surface area contributed by atoms with Crippen LogP contribution in [0.3, 0.4) is 0 Å². The molecule has 1 aromatic rings. The number of aryl methyl sites for hydroxylation is 1. The zero-order valence-electron chi connectivity index (χ0n) is 9.81. The molecule has 0 fully saturated rings. The molecule has 4 heteroatoms. The second kappa shape index (κ2) is 5.63. The van der Waals surface area contributed by atoms with Crippen molar-refractivity contribution in [2.75, 3.05) is 20.1 Å². The molecule has 0 heterocycles. The number of likely N-dealkylation sites (N-methyl/N-ethyl adjacent to an activating group) is 1. The van der Waals surface area contributed by atoms with E-state index in [-0.39, 0.29) is 18.5 Å². The minimum Gasteiger partial charge on any atom is -0.369 e. The molecule has 0 spiro atoms. The van der Waals surface area contributed by atoms with Crippen molar-refractivity contribution in [2.45, 2.75) is 13.0 Å². The van der Waals surface area contributed by atoms with Crippen LogP contribution in [-0.4, -0.2) is 30.9 Å².